The van der Waals surface area contributed by atoms with Gasteiger partial charge < -0.3 is 20.9 Å². The van der Waals surface area contributed by atoms with Gasteiger partial charge in [0.25, 0.3) is 5.91 Å². The van der Waals surface area contributed by atoms with Gasteiger partial charge in [0.15, 0.2) is 0 Å². The molecule has 0 atom stereocenters. The quantitative estimate of drug-likeness (QED) is 0.660. The van der Waals surface area contributed by atoms with Crippen LogP contribution in [-0.4, -0.2) is 19.0 Å². The topological polar surface area (TPSA) is 105 Å². The van der Waals surface area contributed by atoms with Gasteiger partial charge in [-0.3, -0.25) is 4.79 Å². The van der Waals surface area contributed by atoms with Gasteiger partial charge in [-0.25, -0.2) is 4.79 Å². The summed E-state index contributed by atoms with van der Waals surface area (Å²) in [7, 11) is 1.26. The second kappa shape index (κ2) is 5.96. The lowest BCUT2D eigenvalue weighted by atomic mass is 10.1. The third-order valence-electron chi connectivity index (χ3n) is 2.81. The van der Waals surface area contributed by atoms with Gasteiger partial charge in [-0.1, -0.05) is 12.1 Å². The third kappa shape index (κ3) is 3.11. The van der Waals surface area contributed by atoms with Crippen LogP contribution >= 0.6 is 0 Å². The molecule has 2 aromatic rings. The number of esters is 1. The largest absolute Gasteiger partial charge is 0.465 e. The Labute approximate surface area is 121 Å². The minimum Gasteiger partial charge on any atom is -0.465 e. The van der Waals surface area contributed by atoms with Crippen molar-refractivity contribution in [3.8, 4) is 11.5 Å². The molecule has 0 unspecified atom stereocenters. The second-order valence-electron chi connectivity index (χ2n) is 4.20. The first-order valence-electron chi connectivity index (χ1n) is 6.07. The molecule has 0 aliphatic heterocycles. The average molecular weight is 286 g/mol. The summed E-state index contributed by atoms with van der Waals surface area (Å²) in [6, 6.07) is 11.1. The van der Waals surface area contributed by atoms with Crippen molar-refractivity contribution in [3.05, 3.63) is 53.6 Å². The number of nitrogens with two attached hydrogens (primary N) is 2. The van der Waals surface area contributed by atoms with Gasteiger partial charge in [0.05, 0.1) is 18.2 Å². The van der Waals surface area contributed by atoms with E-state index in [4.69, 9.17) is 16.2 Å². The maximum absolute atomic E-state index is 11.6. The fourth-order valence-electron chi connectivity index (χ4n) is 1.77. The Morgan fingerprint density at radius 1 is 1.05 bits per heavy atom. The van der Waals surface area contributed by atoms with Crippen LogP contribution in [0.3, 0.4) is 0 Å². The van der Waals surface area contributed by atoms with E-state index in [1.807, 2.05) is 0 Å². The van der Waals surface area contributed by atoms with Gasteiger partial charge in [0.2, 0.25) is 0 Å². The van der Waals surface area contributed by atoms with Crippen molar-refractivity contribution in [1.29, 1.82) is 0 Å². The van der Waals surface area contributed by atoms with Crippen molar-refractivity contribution in [1.82, 2.24) is 0 Å². The van der Waals surface area contributed by atoms with E-state index in [9.17, 15) is 9.59 Å². The fourth-order valence-corrected chi connectivity index (χ4v) is 1.77. The Morgan fingerprint density at radius 3 is 2.43 bits per heavy atom. The first-order chi connectivity index (χ1) is 10.0. The maximum Gasteiger partial charge on any atom is 0.340 e. The van der Waals surface area contributed by atoms with Crippen LogP contribution < -0.4 is 16.2 Å². The molecule has 6 nitrogen and oxygen atoms in total. The summed E-state index contributed by atoms with van der Waals surface area (Å²) in [5.74, 6) is -0.528. The number of carbonyl (C=O) groups excluding carboxylic acids is 2. The van der Waals surface area contributed by atoms with Gasteiger partial charge >= 0.3 is 5.97 Å². The number of methoxy groups -OCH3 is 1. The van der Waals surface area contributed by atoms with Crippen LogP contribution in [0.4, 0.5) is 5.69 Å². The predicted molar refractivity (Wildman–Crippen MR) is 77.2 cm³/mol. The standard InChI is InChI=1S/C15H14N2O4/c1-20-15(19)11-8-9(6-7-12(11)16)21-13-5-3-2-4-10(13)14(17)18/h2-8H,16H2,1H3,(H2,17,18). The third-order valence-corrected chi connectivity index (χ3v) is 2.81. The number of carbonyl (C=O) groups is 2. The highest BCUT2D eigenvalue weighted by Gasteiger charge is 2.13. The number of nitrogen functional groups attached to an aromatic ring is 1. The summed E-state index contributed by atoms with van der Waals surface area (Å²) in [5, 5.41) is 0. The normalized spacial score (nSPS) is 9.95. The number of amides is 1. The highest BCUT2D eigenvalue weighted by atomic mass is 16.5. The molecule has 0 bridgehead atoms. The Balaban J connectivity index is 2.37. The summed E-state index contributed by atoms with van der Waals surface area (Å²) in [6.07, 6.45) is 0. The average Bonchev–Trinajstić information content (AvgIpc) is 2.48. The van der Waals surface area contributed by atoms with Crippen LogP contribution in [0.25, 0.3) is 0 Å². The molecule has 0 fully saturated rings. The molecular formula is C15H14N2O4. The Morgan fingerprint density at radius 2 is 1.76 bits per heavy atom. The van der Waals surface area contributed by atoms with Crippen molar-refractivity contribution >= 4 is 17.6 Å². The first-order valence-corrected chi connectivity index (χ1v) is 6.07. The lowest BCUT2D eigenvalue weighted by Crippen LogP contribution is -2.12. The molecule has 2 rings (SSSR count). The molecule has 2 aromatic carbocycles. The highest BCUT2D eigenvalue weighted by molar-refractivity contribution is 5.96. The molecule has 0 aromatic heterocycles. The van der Waals surface area contributed by atoms with Crippen LogP contribution in [0, 0.1) is 0 Å². The van der Waals surface area contributed by atoms with E-state index in [0.717, 1.165) is 0 Å². The zero-order valence-electron chi connectivity index (χ0n) is 11.3. The minimum absolute atomic E-state index is 0.187. The molecule has 4 N–H and O–H groups in total. The van der Waals surface area contributed by atoms with E-state index in [-0.39, 0.29) is 16.8 Å². The molecule has 0 aliphatic carbocycles. The Bertz CT molecular complexity index is 698. The van der Waals surface area contributed by atoms with Gasteiger partial charge in [0, 0.05) is 5.69 Å². The highest BCUT2D eigenvalue weighted by Crippen LogP contribution is 2.27. The van der Waals surface area contributed by atoms with Gasteiger partial charge in [-0.05, 0) is 30.3 Å². The number of ether oxygens (including phenoxy) is 2. The van der Waals surface area contributed by atoms with Crippen molar-refractivity contribution in [2.75, 3.05) is 12.8 Å². The zero-order valence-corrected chi connectivity index (χ0v) is 11.3. The van der Waals surface area contributed by atoms with Gasteiger partial charge in [0.1, 0.15) is 11.5 Å². The van der Waals surface area contributed by atoms with E-state index in [0.29, 0.717) is 11.5 Å². The predicted octanol–water partition coefficient (Wildman–Crippen LogP) is 1.95. The lowest BCUT2D eigenvalue weighted by molar-refractivity contribution is 0.0601. The second-order valence-corrected chi connectivity index (χ2v) is 4.20. The molecule has 0 saturated heterocycles. The summed E-state index contributed by atoms with van der Waals surface area (Å²) in [6.45, 7) is 0. The van der Waals surface area contributed by atoms with Crippen LogP contribution in [0.15, 0.2) is 42.5 Å². The van der Waals surface area contributed by atoms with E-state index in [1.54, 1.807) is 30.3 Å². The smallest absolute Gasteiger partial charge is 0.340 e. The van der Waals surface area contributed by atoms with Crippen molar-refractivity contribution < 1.29 is 19.1 Å². The fraction of sp³-hybridized carbons (Fsp3) is 0.0667. The van der Waals surface area contributed by atoms with Crippen molar-refractivity contribution in [2.45, 2.75) is 0 Å². The van der Waals surface area contributed by atoms with Gasteiger partial charge in [-0.2, -0.15) is 0 Å². The number of benzene rings is 2. The van der Waals surface area contributed by atoms with Crippen LogP contribution in [-0.2, 0) is 4.74 Å². The molecule has 0 saturated carbocycles. The number of anilines is 1. The molecule has 6 heteroatoms. The molecule has 0 heterocycles. The maximum atomic E-state index is 11.6. The van der Waals surface area contributed by atoms with Crippen LogP contribution in [0.2, 0.25) is 0 Å². The summed E-state index contributed by atoms with van der Waals surface area (Å²) < 4.78 is 10.2. The number of rotatable bonds is 4. The number of para-hydroxylation sites is 1. The van der Waals surface area contributed by atoms with E-state index in [1.165, 1.54) is 19.2 Å². The van der Waals surface area contributed by atoms with E-state index >= 15 is 0 Å². The number of hydrogen-bond donors (Lipinski definition) is 2. The zero-order chi connectivity index (χ0) is 15.4. The van der Waals surface area contributed by atoms with E-state index in [2.05, 4.69) is 4.74 Å². The Kier molecular flexibility index (Phi) is 4.08. The molecule has 0 aliphatic rings. The monoisotopic (exact) mass is 286 g/mol. The molecule has 21 heavy (non-hydrogen) atoms. The summed E-state index contributed by atoms with van der Waals surface area (Å²) in [4.78, 5) is 22.9. The minimum atomic E-state index is -0.603. The molecule has 108 valence electrons. The van der Waals surface area contributed by atoms with Crippen LogP contribution in [0.5, 0.6) is 11.5 Å². The molecule has 0 spiro atoms. The summed E-state index contributed by atoms with van der Waals surface area (Å²) >= 11 is 0. The van der Waals surface area contributed by atoms with E-state index < -0.39 is 11.9 Å². The molecule has 0 radical (unpaired) electrons. The SMILES string of the molecule is COC(=O)c1cc(Oc2ccccc2C(N)=O)ccc1N. The summed E-state index contributed by atoms with van der Waals surface area (Å²) in [5.41, 5.74) is 11.7. The van der Waals surface area contributed by atoms with Crippen molar-refractivity contribution in [3.63, 3.8) is 0 Å². The number of primary amides is 1. The lowest BCUT2D eigenvalue weighted by Gasteiger charge is -2.11. The molecular weight excluding hydrogens is 272 g/mol. The first kappa shape index (κ1) is 14.4. The van der Waals surface area contributed by atoms with Gasteiger partial charge in [-0.15, -0.1) is 0 Å². The van der Waals surface area contributed by atoms with Crippen molar-refractivity contribution in [2.24, 2.45) is 5.73 Å². The van der Waals surface area contributed by atoms with Crippen LogP contribution in [0.1, 0.15) is 20.7 Å². The molecule has 1 amide bonds. The Hall–Kier alpha value is -3.02. The number of hydrogen-bond acceptors (Lipinski definition) is 5.